The number of hydrogen-bond donors (Lipinski definition) is 1. The van der Waals surface area contributed by atoms with Crippen LogP contribution >= 0.6 is 23.4 Å². The molecule has 1 fully saturated rings. The van der Waals surface area contributed by atoms with Gasteiger partial charge in [0.1, 0.15) is 0 Å². The number of thioether (sulfide) groups is 1. The van der Waals surface area contributed by atoms with Gasteiger partial charge in [-0.25, -0.2) is 4.79 Å². The minimum atomic E-state index is -1.03. The maximum Gasteiger partial charge on any atom is 0.334 e. The summed E-state index contributed by atoms with van der Waals surface area (Å²) in [5.74, 6) is -0.424. The van der Waals surface area contributed by atoms with Crippen LogP contribution in [0.2, 0.25) is 5.02 Å². The lowest BCUT2D eigenvalue weighted by Crippen LogP contribution is -2.51. The first-order chi connectivity index (χ1) is 10.5. The van der Waals surface area contributed by atoms with Gasteiger partial charge in [0.05, 0.1) is 12.6 Å². The number of aliphatic carboxylic acids is 1. The fourth-order valence-electron chi connectivity index (χ4n) is 2.24. The van der Waals surface area contributed by atoms with Crippen LogP contribution in [0.4, 0.5) is 0 Å². The lowest BCUT2D eigenvalue weighted by molar-refractivity contribution is -0.166. The van der Waals surface area contributed by atoms with Crippen LogP contribution in [0.25, 0.3) is 0 Å². The molecule has 120 valence electrons. The molecule has 1 unspecified atom stereocenters. The number of hydrogen-bond acceptors (Lipinski definition) is 4. The molecule has 2 atom stereocenters. The first kappa shape index (κ1) is 17.1. The van der Waals surface area contributed by atoms with E-state index in [1.807, 2.05) is 24.3 Å². The van der Waals surface area contributed by atoms with Crippen molar-refractivity contribution in [2.45, 2.75) is 30.4 Å². The number of carbonyl (C=O) groups is 2. The molecule has 1 aromatic rings. The maximum absolute atomic E-state index is 12.2. The van der Waals surface area contributed by atoms with Crippen LogP contribution in [0.1, 0.15) is 13.3 Å². The van der Waals surface area contributed by atoms with Gasteiger partial charge in [-0.15, -0.1) is 11.8 Å². The monoisotopic (exact) mass is 343 g/mol. The number of carboxylic acids is 1. The molecule has 7 heteroatoms. The standard InChI is InChI=1S/C15H18ClNO4S/c1-10-8-17(9-13(21-10)15(19)20)14(18)6-7-22-12-4-2-11(16)3-5-12/h2-5,10,13H,6-9H2,1H3,(H,19,20)/t10-,13?/m1/s1. The van der Waals surface area contributed by atoms with Gasteiger partial charge in [0.2, 0.25) is 5.91 Å². The van der Waals surface area contributed by atoms with E-state index in [0.717, 1.165) is 4.90 Å². The maximum atomic E-state index is 12.2. The Bertz CT molecular complexity index is 537. The van der Waals surface area contributed by atoms with Crippen molar-refractivity contribution in [1.82, 2.24) is 4.90 Å². The molecule has 0 bridgehead atoms. The third-order valence-electron chi connectivity index (χ3n) is 3.29. The number of amides is 1. The van der Waals surface area contributed by atoms with E-state index in [1.54, 1.807) is 23.6 Å². The zero-order valence-corrected chi connectivity index (χ0v) is 13.8. The third kappa shape index (κ3) is 4.90. The minimum absolute atomic E-state index is 0.0390. The highest BCUT2D eigenvalue weighted by Gasteiger charge is 2.32. The Morgan fingerprint density at radius 1 is 1.36 bits per heavy atom. The number of carbonyl (C=O) groups excluding carboxylic acids is 1. The van der Waals surface area contributed by atoms with Crippen molar-refractivity contribution in [3.05, 3.63) is 29.3 Å². The van der Waals surface area contributed by atoms with E-state index in [0.29, 0.717) is 23.7 Å². The Hall–Kier alpha value is -1.24. The molecule has 22 heavy (non-hydrogen) atoms. The van der Waals surface area contributed by atoms with E-state index < -0.39 is 12.1 Å². The first-order valence-electron chi connectivity index (χ1n) is 7.00. The number of carboxylic acid groups (broad SMARTS) is 1. The molecule has 0 saturated carbocycles. The van der Waals surface area contributed by atoms with Crippen LogP contribution in [0.15, 0.2) is 29.2 Å². The first-order valence-corrected chi connectivity index (χ1v) is 8.36. The molecule has 0 radical (unpaired) electrons. The van der Waals surface area contributed by atoms with Crippen LogP contribution in [0.5, 0.6) is 0 Å². The molecule has 0 aromatic heterocycles. The third-order valence-corrected chi connectivity index (χ3v) is 4.55. The Balaban J connectivity index is 1.81. The van der Waals surface area contributed by atoms with Gasteiger partial charge in [-0.2, -0.15) is 0 Å². The summed E-state index contributed by atoms with van der Waals surface area (Å²) in [6.45, 7) is 2.33. The van der Waals surface area contributed by atoms with E-state index in [9.17, 15) is 9.59 Å². The van der Waals surface area contributed by atoms with Crippen molar-refractivity contribution in [1.29, 1.82) is 0 Å². The summed E-state index contributed by atoms with van der Waals surface area (Å²) in [5.41, 5.74) is 0. The van der Waals surface area contributed by atoms with Gasteiger partial charge in [0, 0.05) is 28.6 Å². The lowest BCUT2D eigenvalue weighted by atomic mass is 10.2. The van der Waals surface area contributed by atoms with Gasteiger partial charge < -0.3 is 14.7 Å². The summed E-state index contributed by atoms with van der Waals surface area (Å²) in [6, 6.07) is 7.45. The van der Waals surface area contributed by atoms with E-state index in [-0.39, 0.29) is 18.6 Å². The van der Waals surface area contributed by atoms with E-state index >= 15 is 0 Å². The number of rotatable bonds is 5. The molecule has 1 aliphatic heterocycles. The van der Waals surface area contributed by atoms with E-state index in [1.165, 1.54) is 0 Å². The predicted octanol–water partition coefficient (Wildman–Crippen LogP) is 2.52. The van der Waals surface area contributed by atoms with Crippen molar-refractivity contribution < 1.29 is 19.4 Å². The van der Waals surface area contributed by atoms with Crippen LogP contribution < -0.4 is 0 Å². The average Bonchev–Trinajstić information content (AvgIpc) is 2.48. The second-order valence-electron chi connectivity index (χ2n) is 5.12. The Morgan fingerprint density at radius 3 is 2.68 bits per heavy atom. The molecule has 0 aliphatic carbocycles. The Labute approximate surface area is 138 Å². The quantitative estimate of drug-likeness (QED) is 0.832. The highest BCUT2D eigenvalue weighted by Crippen LogP contribution is 2.21. The highest BCUT2D eigenvalue weighted by atomic mass is 35.5. The van der Waals surface area contributed by atoms with Crippen LogP contribution in [-0.2, 0) is 14.3 Å². The molecule has 1 amide bonds. The molecular weight excluding hydrogens is 326 g/mol. The predicted molar refractivity (Wildman–Crippen MR) is 85.3 cm³/mol. The number of ether oxygens (including phenoxy) is 1. The van der Waals surface area contributed by atoms with Crippen LogP contribution in [0.3, 0.4) is 0 Å². The molecule has 2 rings (SSSR count). The molecule has 1 saturated heterocycles. The molecule has 0 spiro atoms. The zero-order chi connectivity index (χ0) is 16.1. The van der Waals surface area contributed by atoms with Gasteiger partial charge in [-0.1, -0.05) is 11.6 Å². The zero-order valence-electron chi connectivity index (χ0n) is 12.2. The number of benzene rings is 1. The lowest BCUT2D eigenvalue weighted by Gasteiger charge is -2.35. The second-order valence-corrected chi connectivity index (χ2v) is 6.73. The summed E-state index contributed by atoms with van der Waals surface area (Å²) in [7, 11) is 0. The largest absolute Gasteiger partial charge is 0.479 e. The Kier molecular flexibility index (Phi) is 6.11. The van der Waals surface area contributed by atoms with Gasteiger partial charge in [0.25, 0.3) is 0 Å². The summed E-state index contributed by atoms with van der Waals surface area (Å²) in [4.78, 5) is 25.8. The van der Waals surface area contributed by atoms with Crippen molar-refractivity contribution in [3.63, 3.8) is 0 Å². The summed E-state index contributed by atoms with van der Waals surface area (Å²) >= 11 is 7.40. The van der Waals surface area contributed by atoms with Crippen molar-refractivity contribution in [2.75, 3.05) is 18.8 Å². The number of nitrogens with zero attached hydrogens (tertiary/aromatic N) is 1. The molecule has 1 heterocycles. The van der Waals surface area contributed by atoms with Crippen molar-refractivity contribution in [3.8, 4) is 0 Å². The van der Waals surface area contributed by atoms with Gasteiger partial charge >= 0.3 is 5.97 Å². The molecule has 1 N–H and O–H groups in total. The number of morpholine rings is 1. The van der Waals surface area contributed by atoms with Crippen molar-refractivity contribution >= 4 is 35.2 Å². The summed E-state index contributed by atoms with van der Waals surface area (Å²) in [5, 5.41) is 9.71. The van der Waals surface area contributed by atoms with Crippen LogP contribution in [-0.4, -0.2) is 52.9 Å². The SMILES string of the molecule is C[C@@H]1CN(C(=O)CCSc2ccc(Cl)cc2)CC(C(=O)O)O1. The second kappa shape index (κ2) is 7.85. The van der Waals surface area contributed by atoms with Gasteiger partial charge in [0.15, 0.2) is 6.10 Å². The van der Waals surface area contributed by atoms with Crippen molar-refractivity contribution in [2.24, 2.45) is 0 Å². The highest BCUT2D eigenvalue weighted by molar-refractivity contribution is 7.99. The minimum Gasteiger partial charge on any atom is -0.479 e. The summed E-state index contributed by atoms with van der Waals surface area (Å²) in [6.07, 6.45) is -0.828. The topological polar surface area (TPSA) is 66.8 Å². The molecule has 5 nitrogen and oxygen atoms in total. The van der Waals surface area contributed by atoms with Gasteiger partial charge in [-0.05, 0) is 31.2 Å². The number of halogens is 1. The summed E-state index contributed by atoms with van der Waals surface area (Å²) < 4.78 is 5.30. The van der Waals surface area contributed by atoms with E-state index in [4.69, 9.17) is 21.4 Å². The normalized spacial score (nSPS) is 21.6. The van der Waals surface area contributed by atoms with Crippen LogP contribution in [0, 0.1) is 0 Å². The molecule has 1 aliphatic rings. The fraction of sp³-hybridized carbons (Fsp3) is 0.467. The average molecular weight is 344 g/mol. The fourth-order valence-corrected chi connectivity index (χ4v) is 3.20. The smallest absolute Gasteiger partial charge is 0.334 e. The Morgan fingerprint density at radius 2 is 2.05 bits per heavy atom. The molecule has 1 aromatic carbocycles. The van der Waals surface area contributed by atoms with E-state index in [2.05, 4.69) is 0 Å². The molecular formula is C15H18ClNO4S. The van der Waals surface area contributed by atoms with Gasteiger partial charge in [-0.3, -0.25) is 4.79 Å².